The van der Waals surface area contributed by atoms with Crippen LogP contribution in [0.5, 0.6) is 0 Å². The molecule has 0 saturated heterocycles. The summed E-state index contributed by atoms with van der Waals surface area (Å²) in [6, 6.07) is 22.6. The standard InChI is InChI=1S/C27H38NP/c1-28(22-23-14-6-2-7-15-23)27(24-16-8-3-9-17-24)29(25-18-10-4-11-19-25)26-20-12-5-13-21-26/h2-3,6-9,14-17,25-27H,4-5,10-13,18-22H2,1H3. The molecule has 2 aromatic carbocycles. The second-order valence-corrected chi connectivity index (χ2v) is 12.1. The van der Waals surface area contributed by atoms with E-state index in [1.807, 2.05) is 0 Å². The van der Waals surface area contributed by atoms with Gasteiger partial charge in [0.05, 0.1) is 5.78 Å². The van der Waals surface area contributed by atoms with E-state index in [9.17, 15) is 0 Å². The van der Waals surface area contributed by atoms with E-state index in [1.165, 1.54) is 69.8 Å². The van der Waals surface area contributed by atoms with Crippen LogP contribution in [0.1, 0.15) is 81.1 Å². The van der Waals surface area contributed by atoms with Gasteiger partial charge in [0.1, 0.15) is 0 Å². The summed E-state index contributed by atoms with van der Waals surface area (Å²) >= 11 is 0. The van der Waals surface area contributed by atoms with Crippen molar-refractivity contribution in [3.05, 3.63) is 71.8 Å². The third kappa shape index (κ3) is 5.50. The van der Waals surface area contributed by atoms with Crippen molar-refractivity contribution in [2.24, 2.45) is 0 Å². The van der Waals surface area contributed by atoms with Crippen LogP contribution in [-0.2, 0) is 6.54 Å². The van der Waals surface area contributed by atoms with Crippen LogP contribution in [0.2, 0.25) is 0 Å². The molecular formula is C27H38NP. The van der Waals surface area contributed by atoms with Crippen molar-refractivity contribution < 1.29 is 0 Å². The maximum atomic E-state index is 2.71. The second kappa shape index (κ2) is 10.7. The molecule has 2 fully saturated rings. The predicted octanol–water partition coefficient (Wildman–Crippen LogP) is 7.96. The Morgan fingerprint density at radius 1 is 0.724 bits per heavy atom. The summed E-state index contributed by atoms with van der Waals surface area (Å²) in [7, 11) is 2.35. The quantitative estimate of drug-likeness (QED) is 0.421. The van der Waals surface area contributed by atoms with E-state index >= 15 is 0 Å². The lowest BCUT2D eigenvalue weighted by Gasteiger charge is -2.46. The van der Waals surface area contributed by atoms with Crippen molar-refractivity contribution in [2.75, 3.05) is 7.05 Å². The predicted molar refractivity (Wildman–Crippen MR) is 128 cm³/mol. The van der Waals surface area contributed by atoms with Crippen LogP contribution in [0.15, 0.2) is 60.7 Å². The van der Waals surface area contributed by atoms with Gasteiger partial charge in [-0.15, -0.1) is 0 Å². The van der Waals surface area contributed by atoms with Crippen molar-refractivity contribution >= 4 is 7.92 Å². The highest BCUT2D eigenvalue weighted by Gasteiger charge is 2.38. The molecule has 1 nitrogen and oxygen atoms in total. The fourth-order valence-electron chi connectivity index (χ4n) is 5.69. The molecule has 0 heterocycles. The molecule has 2 heteroatoms. The first-order chi connectivity index (χ1) is 14.3. The minimum Gasteiger partial charge on any atom is -0.291 e. The summed E-state index contributed by atoms with van der Waals surface area (Å²) in [6.07, 6.45) is 14.7. The van der Waals surface area contributed by atoms with E-state index < -0.39 is 0 Å². The molecule has 1 unspecified atom stereocenters. The van der Waals surface area contributed by atoms with Crippen LogP contribution in [0.3, 0.4) is 0 Å². The molecule has 0 aliphatic heterocycles. The van der Waals surface area contributed by atoms with Crippen molar-refractivity contribution in [3.63, 3.8) is 0 Å². The van der Waals surface area contributed by atoms with Crippen LogP contribution >= 0.6 is 7.92 Å². The lowest BCUT2D eigenvalue weighted by molar-refractivity contribution is 0.299. The number of rotatable bonds is 7. The van der Waals surface area contributed by atoms with Crippen molar-refractivity contribution in [2.45, 2.75) is 87.9 Å². The first-order valence-electron chi connectivity index (χ1n) is 11.9. The van der Waals surface area contributed by atoms with Crippen molar-refractivity contribution in [1.82, 2.24) is 4.90 Å². The van der Waals surface area contributed by atoms with Gasteiger partial charge in [-0.1, -0.05) is 107 Å². The summed E-state index contributed by atoms with van der Waals surface area (Å²) in [6.45, 7) is 1.05. The van der Waals surface area contributed by atoms with Gasteiger partial charge in [-0.3, -0.25) is 4.90 Å². The number of hydrogen-bond acceptors (Lipinski definition) is 1. The summed E-state index contributed by atoms with van der Waals surface area (Å²) in [4.78, 5) is 2.71. The second-order valence-electron chi connectivity index (χ2n) is 9.22. The number of hydrogen-bond donors (Lipinski definition) is 0. The molecule has 156 valence electrons. The Morgan fingerprint density at radius 3 is 1.72 bits per heavy atom. The minimum absolute atomic E-state index is 0.0464. The molecular weight excluding hydrogens is 369 g/mol. The molecule has 0 spiro atoms. The summed E-state index contributed by atoms with van der Waals surface area (Å²) < 4.78 is 0. The Balaban J connectivity index is 1.67. The van der Waals surface area contributed by atoms with Crippen molar-refractivity contribution in [3.8, 4) is 0 Å². The van der Waals surface area contributed by atoms with E-state index in [0.717, 1.165) is 17.9 Å². The smallest absolute Gasteiger partial charge is 0.0552 e. The van der Waals surface area contributed by atoms with Gasteiger partial charge in [0.2, 0.25) is 0 Å². The Morgan fingerprint density at radius 2 is 1.21 bits per heavy atom. The Kier molecular flexibility index (Phi) is 7.80. The molecule has 0 N–H and O–H groups in total. The van der Waals surface area contributed by atoms with E-state index in [0.29, 0.717) is 5.78 Å². The molecule has 2 saturated carbocycles. The average Bonchev–Trinajstić information content (AvgIpc) is 2.79. The summed E-state index contributed by atoms with van der Waals surface area (Å²) in [5.74, 6) is 0.595. The SMILES string of the molecule is CN(Cc1ccccc1)C(c1ccccc1)P(C1CCCCC1)C1CCCCC1. The Labute approximate surface area is 179 Å². The summed E-state index contributed by atoms with van der Waals surface area (Å²) in [5, 5.41) is 0. The highest BCUT2D eigenvalue weighted by molar-refractivity contribution is 7.59. The highest BCUT2D eigenvalue weighted by Crippen LogP contribution is 2.65. The largest absolute Gasteiger partial charge is 0.291 e. The zero-order valence-electron chi connectivity index (χ0n) is 18.2. The van der Waals surface area contributed by atoms with Crippen LogP contribution in [-0.4, -0.2) is 23.3 Å². The van der Waals surface area contributed by atoms with Gasteiger partial charge in [-0.2, -0.15) is 0 Å². The molecule has 0 amide bonds. The van der Waals surface area contributed by atoms with E-state index in [4.69, 9.17) is 0 Å². The third-order valence-corrected chi connectivity index (χ3v) is 11.0. The van der Waals surface area contributed by atoms with Gasteiger partial charge in [0, 0.05) is 6.54 Å². The molecule has 1 atom stereocenters. The first-order valence-corrected chi connectivity index (χ1v) is 13.4. The van der Waals surface area contributed by atoms with Gasteiger partial charge in [-0.25, -0.2) is 0 Å². The maximum absolute atomic E-state index is 2.71. The molecule has 2 aromatic rings. The zero-order valence-corrected chi connectivity index (χ0v) is 19.1. The molecule has 2 aliphatic carbocycles. The summed E-state index contributed by atoms with van der Waals surface area (Å²) in [5.41, 5.74) is 4.93. The number of nitrogens with zero attached hydrogens (tertiary/aromatic N) is 1. The van der Waals surface area contributed by atoms with Gasteiger partial charge in [-0.05, 0) is 55.2 Å². The molecule has 0 aromatic heterocycles. The molecule has 29 heavy (non-hydrogen) atoms. The van der Waals surface area contributed by atoms with E-state index in [-0.39, 0.29) is 7.92 Å². The first kappa shape index (κ1) is 21.1. The van der Waals surface area contributed by atoms with Crippen LogP contribution in [0.4, 0.5) is 0 Å². The fraction of sp³-hybridized carbons (Fsp3) is 0.556. The van der Waals surface area contributed by atoms with Gasteiger partial charge < -0.3 is 0 Å². The highest BCUT2D eigenvalue weighted by atomic mass is 31.1. The maximum Gasteiger partial charge on any atom is 0.0552 e. The Bertz CT molecular complexity index is 686. The van der Waals surface area contributed by atoms with Crippen LogP contribution < -0.4 is 0 Å². The third-order valence-electron chi connectivity index (χ3n) is 7.07. The molecule has 0 radical (unpaired) electrons. The van der Waals surface area contributed by atoms with Crippen molar-refractivity contribution in [1.29, 1.82) is 0 Å². The van der Waals surface area contributed by atoms with Crippen LogP contribution in [0.25, 0.3) is 0 Å². The van der Waals surface area contributed by atoms with E-state index in [2.05, 4.69) is 72.6 Å². The minimum atomic E-state index is -0.0464. The Hall–Kier alpha value is -1.17. The van der Waals surface area contributed by atoms with E-state index in [1.54, 1.807) is 5.56 Å². The van der Waals surface area contributed by atoms with Gasteiger partial charge in [0.25, 0.3) is 0 Å². The average molecular weight is 408 g/mol. The fourth-order valence-corrected chi connectivity index (χ4v) is 10.1. The zero-order chi connectivity index (χ0) is 19.9. The van der Waals surface area contributed by atoms with Gasteiger partial charge in [0.15, 0.2) is 0 Å². The topological polar surface area (TPSA) is 3.24 Å². The molecule has 4 rings (SSSR count). The van der Waals surface area contributed by atoms with Crippen LogP contribution in [0, 0.1) is 0 Å². The monoisotopic (exact) mass is 407 g/mol. The molecule has 0 bridgehead atoms. The number of benzene rings is 2. The lowest BCUT2D eigenvalue weighted by atomic mass is 9.99. The molecule has 2 aliphatic rings. The van der Waals surface area contributed by atoms with Gasteiger partial charge >= 0.3 is 0 Å². The lowest BCUT2D eigenvalue weighted by Crippen LogP contribution is -2.31. The normalized spacial score (nSPS) is 20.2.